The van der Waals surface area contributed by atoms with Crippen molar-refractivity contribution >= 4 is 17.7 Å². The lowest BCUT2D eigenvalue weighted by Gasteiger charge is -2.13. The highest BCUT2D eigenvalue weighted by atomic mass is 32.2. The summed E-state index contributed by atoms with van der Waals surface area (Å²) in [6, 6.07) is 0. The van der Waals surface area contributed by atoms with Gasteiger partial charge < -0.3 is 4.74 Å². The lowest BCUT2D eigenvalue weighted by molar-refractivity contribution is -0.167. The highest BCUT2D eigenvalue weighted by molar-refractivity contribution is 7.99. The van der Waals surface area contributed by atoms with Crippen molar-refractivity contribution in [1.29, 1.82) is 0 Å². The number of rotatable bonds is 6. The van der Waals surface area contributed by atoms with Crippen molar-refractivity contribution in [1.82, 2.24) is 0 Å². The van der Waals surface area contributed by atoms with Gasteiger partial charge in [-0.3, -0.25) is 0 Å². The Morgan fingerprint density at radius 3 is 2.54 bits per heavy atom. The van der Waals surface area contributed by atoms with Gasteiger partial charge in [-0.1, -0.05) is 6.92 Å². The molecule has 0 aromatic carbocycles. The van der Waals surface area contributed by atoms with Crippen molar-refractivity contribution in [3.63, 3.8) is 0 Å². The lowest BCUT2D eigenvalue weighted by Crippen LogP contribution is -2.33. The van der Waals surface area contributed by atoms with Crippen LogP contribution < -0.4 is 0 Å². The van der Waals surface area contributed by atoms with Crippen LogP contribution >= 0.6 is 11.8 Å². The van der Waals surface area contributed by atoms with Crippen LogP contribution in [0.5, 0.6) is 0 Å². The minimum absolute atomic E-state index is 0.00708. The van der Waals surface area contributed by atoms with Crippen LogP contribution in [0.4, 0.5) is 8.78 Å². The van der Waals surface area contributed by atoms with Crippen LogP contribution in [-0.2, 0) is 9.53 Å². The average Bonchev–Trinajstić information content (AvgIpc) is 2.05. The molecule has 0 aliphatic rings. The first-order valence-corrected chi connectivity index (χ1v) is 5.32. The predicted molar refractivity (Wildman–Crippen MR) is 49.2 cm³/mol. The van der Waals surface area contributed by atoms with E-state index in [0.29, 0.717) is 5.75 Å². The molecule has 0 saturated carbocycles. The number of ether oxygens (including phenoxy) is 1. The Morgan fingerprint density at radius 1 is 1.46 bits per heavy atom. The van der Waals surface area contributed by atoms with Gasteiger partial charge in [0.25, 0.3) is 0 Å². The summed E-state index contributed by atoms with van der Waals surface area (Å²) in [5.41, 5.74) is 0. The van der Waals surface area contributed by atoms with Gasteiger partial charge in [-0.15, -0.1) is 0 Å². The van der Waals surface area contributed by atoms with Gasteiger partial charge in [0, 0.05) is 0 Å². The molecule has 5 heteroatoms. The van der Waals surface area contributed by atoms with Crippen LogP contribution in [0.15, 0.2) is 0 Å². The molecule has 0 amide bonds. The number of carbonyl (C=O) groups excluding carboxylic acids is 1. The normalized spacial score (nSPS) is 11.4. The number of alkyl halides is 2. The maximum atomic E-state index is 12.8. The lowest BCUT2D eigenvalue weighted by atomic mass is 10.4. The molecule has 13 heavy (non-hydrogen) atoms. The van der Waals surface area contributed by atoms with E-state index in [4.69, 9.17) is 0 Å². The van der Waals surface area contributed by atoms with Gasteiger partial charge in [-0.25, -0.2) is 4.79 Å². The Hall–Kier alpha value is -0.320. The molecule has 78 valence electrons. The first kappa shape index (κ1) is 12.7. The molecule has 0 bridgehead atoms. The van der Waals surface area contributed by atoms with Gasteiger partial charge in [0.05, 0.1) is 12.4 Å². The molecule has 0 aromatic heterocycles. The van der Waals surface area contributed by atoms with Gasteiger partial charge in [-0.05, 0) is 19.1 Å². The summed E-state index contributed by atoms with van der Waals surface area (Å²) in [6.45, 7) is 3.40. The number of hydrogen-bond donors (Lipinski definition) is 0. The monoisotopic (exact) mass is 212 g/mol. The summed E-state index contributed by atoms with van der Waals surface area (Å²) in [5, 5.41) is 0. The van der Waals surface area contributed by atoms with Crippen molar-refractivity contribution in [2.45, 2.75) is 26.2 Å². The molecular formula is C8H14F2O2S. The van der Waals surface area contributed by atoms with Crippen LogP contribution in [0.25, 0.3) is 0 Å². The van der Waals surface area contributed by atoms with E-state index in [1.807, 2.05) is 6.92 Å². The maximum absolute atomic E-state index is 12.8. The van der Waals surface area contributed by atoms with E-state index < -0.39 is 17.6 Å². The Balaban J connectivity index is 3.83. The number of halogens is 2. The second-order valence-electron chi connectivity index (χ2n) is 2.48. The first-order valence-electron chi connectivity index (χ1n) is 4.17. The van der Waals surface area contributed by atoms with Crippen molar-refractivity contribution < 1.29 is 18.3 Å². The molecule has 0 fully saturated rings. The molecule has 0 spiro atoms. The summed E-state index contributed by atoms with van der Waals surface area (Å²) in [6.07, 6.45) is 0.823. The molecule has 0 saturated heterocycles. The summed E-state index contributed by atoms with van der Waals surface area (Å²) in [7, 11) is 0. The zero-order chi connectivity index (χ0) is 10.3. The van der Waals surface area contributed by atoms with Gasteiger partial charge in [0.1, 0.15) is 0 Å². The first-order chi connectivity index (χ1) is 6.04. The number of esters is 1. The molecule has 0 heterocycles. The van der Waals surface area contributed by atoms with Gasteiger partial charge in [-0.2, -0.15) is 20.5 Å². The zero-order valence-electron chi connectivity index (χ0n) is 7.81. The topological polar surface area (TPSA) is 26.3 Å². The minimum Gasteiger partial charge on any atom is -0.462 e. The smallest absolute Gasteiger partial charge is 0.377 e. The minimum atomic E-state index is -3.34. The third kappa shape index (κ3) is 5.08. The molecule has 0 unspecified atom stereocenters. The fraction of sp³-hybridized carbons (Fsp3) is 0.875. The second kappa shape index (κ2) is 6.18. The van der Waals surface area contributed by atoms with Crippen molar-refractivity contribution in [3.8, 4) is 0 Å². The Labute approximate surface area is 81.0 Å². The van der Waals surface area contributed by atoms with Crippen LogP contribution in [-0.4, -0.2) is 30.0 Å². The quantitative estimate of drug-likeness (QED) is 0.499. The summed E-state index contributed by atoms with van der Waals surface area (Å²) >= 11 is 1.06. The van der Waals surface area contributed by atoms with Crippen molar-refractivity contribution in [2.24, 2.45) is 0 Å². The Morgan fingerprint density at radius 2 is 2.08 bits per heavy atom. The van der Waals surface area contributed by atoms with Gasteiger partial charge in [0.15, 0.2) is 0 Å². The van der Waals surface area contributed by atoms with Gasteiger partial charge in [0.2, 0.25) is 0 Å². The third-order valence-corrected chi connectivity index (χ3v) is 2.47. The van der Waals surface area contributed by atoms with Crippen LogP contribution in [0.1, 0.15) is 20.3 Å². The van der Waals surface area contributed by atoms with Crippen LogP contribution in [0.2, 0.25) is 0 Å². The zero-order valence-corrected chi connectivity index (χ0v) is 8.63. The molecule has 0 atom stereocenters. The SMILES string of the molecule is CCCSCC(F)(F)C(=O)OCC. The van der Waals surface area contributed by atoms with E-state index >= 15 is 0 Å². The summed E-state index contributed by atoms with van der Waals surface area (Å²) in [5.74, 6) is -4.61. The molecule has 0 aliphatic carbocycles. The fourth-order valence-electron chi connectivity index (χ4n) is 0.640. The standard InChI is InChI=1S/C8H14F2O2S/c1-3-5-13-6-8(9,10)7(11)12-4-2/h3-6H2,1-2H3. The van der Waals surface area contributed by atoms with Crippen molar-refractivity contribution in [2.75, 3.05) is 18.1 Å². The molecule has 0 N–H and O–H groups in total. The number of thioether (sulfide) groups is 1. The third-order valence-electron chi connectivity index (χ3n) is 1.21. The molecule has 0 rings (SSSR count). The Bertz CT molecular complexity index is 162. The largest absolute Gasteiger partial charge is 0.462 e. The molecule has 0 aromatic rings. The number of hydrogen-bond acceptors (Lipinski definition) is 3. The van der Waals surface area contributed by atoms with Gasteiger partial charge >= 0.3 is 11.9 Å². The number of carbonyl (C=O) groups is 1. The fourth-order valence-corrected chi connectivity index (χ4v) is 1.45. The van der Waals surface area contributed by atoms with Crippen LogP contribution in [0, 0.1) is 0 Å². The van der Waals surface area contributed by atoms with Crippen molar-refractivity contribution in [3.05, 3.63) is 0 Å². The average molecular weight is 212 g/mol. The van der Waals surface area contributed by atoms with Crippen LogP contribution in [0.3, 0.4) is 0 Å². The Kier molecular flexibility index (Phi) is 6.03. The van der Waals surface area contributed by atoms with E-state index in [9.17, 15) is 13.6 Å². The summed E-state index contributed by atoms with van der Waals surface area (Å²) in [4.78, 5) is 10.7. The highest BCUT2D eigenvalue weighted by Gasteiger charge is 2.40. The highest BCUT2D eigenvalue weighted by Crippen LogP contribution is 2.21. The molecule has 2 nitrogen and oxygen atoms in total. The molecular weight excluding hydrogens is 198 g/mol. The van der Waals surface area contributed by atoms with E-state index in [0.717, 1.165) is 18.2 Å². The molecule has 0 aliphatic heterocycles. The van der Waals surface area contributed by atoms with E-state index in [2.05, 4.69) is 4.74 Å². The predicted octanol–water partition coefficient (Wildman–Crippen LogP) is 2.33. The summed E-state index contributed by atoms with van der Waals surface area (Å²) < 4.78 is 29.9. The second-order valence-corrected chi connectivity index (χ2v) is 3.58. The van der Waals surface area contributed by atoms with E-state index in [-0.39, 0.29) is 6.61 Å². The van der Waals surface area contributed by atoms with E-state index in [1.54, 1.807) is 0 Å². The molecule has 0 radical (unpaired) electrons. The van der Waals surface area contributed by atoms with E-state index in [1.165, 1.54) is 6.92 Å². The maximum Gasteiger partial charge on any atom is 0.377 e.